The molecule has 0 saturated heterocycles. The van der Waals surface area contributed by atoms with Crippen LogP contribution in [0.15, 0.2) is 58.3 Å². The fourth-order valence-corrected chi connectivity index (χ4v) is 7.62. The van der Waals surface area contributed by atoms with Crippen LogP contribution < -0.4 is 0 Å². The SMILES string of the molecule is CC=CC(O[Si](C)(C)C(C)(C)C)C(C)(C)C(CC=C[C@H]1C[C@H]1/C=C/C=C\c1nc(C(=O)OC)cs1)OC(=O)c1csc(/C=C\Br)n1. The smallest absolute Gasteiger partial charge is 0.358 e. The molecular formula is C35H47BrN2O5S2Si. The summed E-state index contributed by atoms with van der Waals surface area (Å²) in [6.07, 6.45) is 19.3. The Morgan fingerprint density at radius 2 is 1.61 bits per heavy atom. The van der Waals surface area contributed by atoms with E-state index in [2.05, 4.69) is 97.9 Å². The van der Waals surface area contributed by atoms with Crippen molar-refractivity contribution in [3.05, 3.63) is 79.7 Å². The van der Waals surface area contributed by atoms with Crippen molar-refractivity contribution in [2.75, 3.05) is 7.11 Å². The first-order chi connectivity index (χ1) is 21.6. The minimum Gasteiger partial charge on any atom is -0.464 e. The van der Waals surface area contributed by atoms with Crippen LogP contribution in [0.2, 0.25) is 18.1 Å². The minimum atomic E-state index is -2.13. The van der Waals surface area contributed by atoms with E-state index in [9.17, 15) is 9.59 Å². The summed E-state index contributed by atoms with van der Waals surface area (Å²) in [5.41, 5.74) is 0.110. The van der Waals surface area contributed by atoms with Crippen LogP contribution in [-0.4, -0.2) is 49.5 Å². The molecule has 0 aromatic carbocycles. The van der Waals surface area contributed by atoms with Gasteiger partial charge in [-0.3, -0.25) is 0 Å². The van der Waals surface area contributed by atoms with Gasteiger partial charge in [-0.15, -0.1) is 22.7 Å². The Morgan fingerprint density at radius 1 is 1.00 bits per heavy atom. The lowest BCUT2D eigenvalue weighted by atomic mass is 9.79. The van der Waals surface area contributed by atoms with Gasteiger partial charge in [-0.2, -0.15) is 0 Å². The number of esters is 2. The van der Waals surface area contributed by atoms with Gasteiger partial charge in [0.1, 0.15) is 16.1 Å². The lowest BCUT2D eigenvalue weighted by molar-refractivity contribution is -0.0420. The number of ether oxygens (including phenoxy) is 2. The number of methoxy groups -OCH3 is 1. The standard InChI is InChI=1S/C35H47BrN2O5S2Si/c1-10-14-29(43-46(8,9)34(2,3)4)35(5,6)28(42-33(40)27-23-45-31(38-27)19-20-36)17-13-16-25-21-24(25)15-11-12-18-30-37-26(22-44-30)32(39)41-7/h10-16,18-20,22-25,28-29H,17,21H2,1-9H3/b14-10?,15-11+,16-13?,18-12-,20-19-/t24-,25+,28?,29?/m1/s1. The van der Waals surface area contributed by atoms with Gasteiger partial charge in [0, 0.05) is 22.6 Å². The molecule has 2 aromatic rings. The monoisotopic (exact) mass is 746 g/mol. The van der Waals surface area contributed by atoms with Crippen molar-refractivity contribution in [3.8, 4) is 0 Å². The second-order valence-electron chi connectivity index (χ2n) is 13.4. The van der Waals surface area contributed by atoms with Gasteiger partial charge >= 0.3 is 11.9 Å². The minimum absolute atomic E-state index is 0.0326. The maximum atomic E-state index is 13.4. The molecule has 0 aliphatic heterocycles. The Morgan fingerprint density at radius 3 is 2.20 bits per heavy atom. The van der Waals surface area contributed by atoms with Crippen molar-refractivity contribution >= 4 is 71.0 Å². The van der Waals surface area contributed by atoms with Crippen LogP contribution in [0.25, 0.3) is 12.2 Å². The average Bonchev–Trinajstić information content (AvgIpc) is 3.32. The second-order valence-corrected chi connectivity index (χ2v) is 20.5. The summed E-state index contributed by atoms with van der Waals surface area (Å²) in [5.74, 6) is 0.0219. The summed E-state index contributed by atoms with van der Waals surface area (Å²) >= 11 is 6.07. The number of carbonyl (C=O) groups excluding carboxylic acids is 2. The summed E-state index contributed by atoms with van der Waals surface area (Å²) in [6, 6.07) is 0. The molecule has 0 N–H and O–H groups in total. The van der Waals surface area contributed by atoms with Gasteiger partial charge in [0.2, 0.25) is 0 Å². The molecule has 3 rings (SSSR count). The molecule has 4 atom stereocenters. The molecular weight excluding hydrogens is 701 g/mol. The first kappa shape index (κ1) is 38.0. The molecule has 0 bridgehead atoms. The van der Waals surface area contributed by atoms with Crippen LogP contribution in [0.4, 0.5) is 0 Å². The largest absolute Gasteiger partial charge is 0.464 e. The van der Waals surface area contributed by atoms with Gasteiger partial charge in [0.05, 0.1) is 13.2 Å². The van der Waals surface area contributed by atoms with Crippen LogP contribution >= 0.6 is 38.6 Å². The van der Waals surface area contributed by atoms with E-state index in [4.69, 9.17) is 13.9 Å². The molecule has 1 fully saturated rings. The van der Waals surface area contributed by atoms with E-state index in [0.717, 1.165) is 16.4 Å². The predicted molar refractivity (Wildman–Crippen MR) is 197 cm³/mol. The molecule has 0 radical (unpaired) electrons. The molecule has 1 aliphatic rings. The third kappa shape index (κ3) is 10.5. The highest BCUT2D eigenvalue weighted by atomic mass is 79.9. The summed E-state index contributed by atoms with van der Waals surface area (Å²) in [5, 5.41) is 4.95. The maximum Gasteiger partial charge on any atom is 0.358 e. The van der Waals surface area contributed by atoms with Crippen molar-refractivity contribution in [1.82, 2.24) is 9.97 Å². The van der Waals surface area contributed by atoms with E-state index < -0.39 is 31.8 Å². The highest BCUT2D eigenvalue weighted by Crippen LogP contribution is 2.43. The first-order valence-corrected chi connectivity index (χ1v) is 21.0. The van der Waals surface area contributed by atoms with Gasteiger partial charge in [-0.25, -0.2) is 19.6 Å². The molecule has 11 heteroatoms. The van der Waals surface area contributed by atoms with Crippen molar-refractivity contribution in [2.45, 2.75) is 84.7 Å². The molecule has 2 aromatic heterocycles. The average molecular weight is 748 g/mol. The van der Waals surface area contributed by atoms with Gasteiger partial charge in [0.25, 0.3) is 0 Å². The summed E-state index contributed by atoms with van der Waals surface area (Å²) in [6.45, 7) is 17.5. The van der Waals surface area contributed by atoms with Gasteiger partial charge < -0.3 is 13.9 Å². The number of halogens is 1. The number of aromatic nitrogens is 2. The molecule has 1 saturated carbocycles. The zero-order valence-electron chi connectivity index (χ0n) is 28.3. The van der Waals surface area contributed by atoms with E-state index >= 15 is 0 Å². The molecule has 1 aliphatic carbocycles. The van der Waals surface area contributed by atoms with Gasteiger partial charge in [0.15, 0.2) is 19.7 Å². The van der Waals surface area contributed by atoms with Crippen LogP contribution in [-0.2, 0) is 13.9 Å². The van der Waals surface area contributed by atoms with Crippen molar-refractivity contribution in [2.24, 2.45) is 17.3 Å². The summed E-state index contributed by atoms with van der Waals surface area (Å²) in [7, 11) is -0.784. The second kappa shape index (κ2) is 16.6. The van der Waals surface area contributed by atoms with E-state index in [1.165, 1.54) is 29.8 Å². The van der Waals surface area contributed by atoms with E-state index in [1.54, 1.807) is 21.8 Å². The van der Waals surface area contributed by atoms with Crippen LogP contribution in [0.1, 0.15) is 85.4 Å². The molecule has 46 heavy (non-hydrogen) atoms. The quantitative estimate of drug-likeness (QED) is 0.0776. The lowest BCUT2D eigenvalue weighted by Crippen LogP contribution is -2.51. The summed E-state index contributed by atoms with van der Waals surface area (Å²) < 4.78 is 17.9. The van der Waals surface area contributed by atoms with Crippen LogP contribution in [0, 0.1) is 17.3 Å². The highest BCUT2D eigenvalue weighted by molar-refractivity contribution is 9.11. The van der Waals surface area contributed by atoms with Crippen molar-refractivity contribution in [3.63, 3.8) is 0 Å². The van der Waals surface area contributed by atoms with Crippen LogP contribution in [0.3, 0.4) is 0 Å². The highest BCUT2D eigenvalue weighted by Gasteiger charge is 2.46. The topological polar surface area (TPSA) is 87.6 Å². The van der Waals surface area contributed by atoms with Crippen molar-refractivity contribution < 1.29 is 23.5 Å². The number of thiazole rings is 2. The zero-order chi connectivity index (χ0) is 34.1. The lowest BCUT2D eigenvalue weighted by Gasteiger charge is -2.45. The maximum absolute atomic E-state index is 13.4. The molecule has 2 unspecified atom stereocenters. The molecule has 7 nitrogen and oxygen atoms in total. The Balaban J connectivity index is 1.73. The fraction of sp³-hybridized carbons (Fsp3) is 0.486. The molecule has 2 heterocycles. The zero-order valence-corrected chi connectivity index (χ0v) is 32.5. The predicted octanol–water partition coefficient (Wildman–Crippen LogP) is 10.1. The number of nitrogens with zero attached hydrogens (tertiary/aromatic N) is 2. The van der Waals surface area contributed by atoms with Gasteiger partial charge in [-0.1, -0.05) is 93.1 Å². The molecule has 0 amide bonds. The number of allylic oxidation sites excluding steroid dienone is 5. The number of hydrogen-bond acceptors (Lipinski definition) is 9. The van der Waals surface area contributed by atoms with Crippen LogP contribution in [0.5, 0.6) is 0 Å². The molecule has 250 valence electrons. The third-order valence-electron chi connectivity index (χ3n) is 8.59. The Labute approximate surface area is 291 Å². The third-order valence-corrected chi connectivity index (χ3v) is 14.9. The number of hydrogen-bond donors (Lipinski definition) is 0. The molecule has 0 spiro atoms. The Hall–Kier alpha value is -2.44. The Bertz CT molecular complexity index is 1480. The fourth-order valence-electron chi connectivity index (χ4n) is 4.46. The number of carbonyl (C=O) groups is 2. The van der Waals surface area contributed by atoms with E-state index in [-0.39, 0.29) is 11.1 Å². The first-order valence-electron chi connectivity index (χ1n) is 15.4. The van der Waals surface area contributed by atoms with Crippen molar-refractivity contribution in [1.29, 1.82) is 0 Å². The Kier molecular flexibility index (Phi) is 13.7. The summed E-state index contributed by atoms with van der Waals surface area (Å²) in [4.78, 5) is 35.4. The normalized spacial score (nSPS) is 19.2. The van der Waals surface area contributed by atoms with E-state index in [0.29, 0.717) is 29.6 Å². The van der Waals surface area contributed by atoms with Gasteiger partial charge in [-0.05, 0) is 60.4 Å². The number of rotatable bonds is 15. The van der Waals surface area contributed by atoms with E-state index in [1.807, 2.05) is 31.2 Å².